The molecule has 0 bridgehead atoms. The lowest BCUT2D eigenvalue weighted by molar-refractivity contribution is -0.0567. The van der Waals surface area contributed by atoms with Crippen LogP contribution in [0, 0.1) is 6.92 Å². The Morgan fingerprint density at radius 1 is 1.35 bits per heavy atom. The van der Waals surface area contributed by atoms with Crippen molar-refractivity contribution in [3.05, 3.63) is 41.6 Å². The standard InChI is InChI=1S/C17H22N2O/c1-13-10-14(15-6-3-4-7-16(15)19-13)11-20-17(2)8-5-9-18-12-17/h3-4,6-7,10,18H,5,8-9,11-12H2,1-2H3. The summed E-state index contributed by atoms with van der Waals surface area (Å²) in [6, 6.07) is 10.4. The average molecular weight is 270 g/mol. The molecular weight excluding hydrogens is 248 g/mol. The van der Waals surface area contributed by atoms with Gasteiger partial charge in [0.15, 0.2) is 0 Å². The molecule has 1 saturated heterocycles. The van der Waals surface area contributed by atoms with Crippen molar-refractivity contribution in [2.24, 2.45) is 0 Å². The second-order valence-corrected chi connectivity index (χ2v) is 5.96. The molecule has 0 saturated carbocycles. The van der Waals surface area contributed by atoms with Gasteiger partial charge in [-0.15, -0.1) is 0 Å². The van der Waals surface area contributed by atoms with Crippen LogP contribution in [0.1, 0.15) is 31.0 Å². The molecule has 0 amide bonds. The van der Waals surface area contributed by atoms with Gasteiger partial charge in [-0.3, -0.25) is 4.98 Å². The number of pyridine rings is 1. The van der Waals surface area contributed by atoms with Crippen LogP contribution in [-0.2, 0) is 11.3 Å². The fourth-order valence-electron chi connectivity index (χ4n) is 2.92. The van der Waals surface area contributed by atoms with Crippen molar-refractivity contribution in [1.82, 2.24) is 10.3 Å². The molecule has 3 nitrogen and oxygen atoms in total. The van der Waals surface area contributed by atoms with Crippen LogP contribution in [0.15, 0.2) is 30.3 Å². The topological polar surface area (TPSA) is 34.1 Å². The minimum Gasteiger partial charge on any atom is -0.369 e. The van der Waals surface area contributed by atoms with Crippen molar-refractivity contribution in [2.45, 2.75) is 38.9 Å². The molecule has 1 atom stereocenters. The first-order valence-electron chi connectivity index (χ1n) is 7.36. The van der Waals surface area contributed by atoms with E-state index >= 15 is 0 Å². The van der Waals surface area contributed by atoms with E-state index in [1.54, 1.807) is 0 Å². The summed E-state index contributed by atoms with van der Waals surface area (Å²) in [7, 11) is 0. The normalized spacial score (nSPS) is 23.1. The zero-order valence-electron chi connectivity index (χ0n) is 12.3. The molecule has 1 aliphatic rings. The van der Waals surface area contributed by atoms with E-state index < -0.39 is 0 Å². The molecule has 1 N–H and O–H groups in total. The van der Waals surface area contributed by atoms with Crippen LogP contribution in [0.25, 0.3) is 10.9 Å². The number of hydrogen-bond acceptors (Lipinski definition) is 3. The fraction of sp³-hybridized carbons (Fsp3) is 0.471. The third-order valence-corrected chi connectivity index (χ3v) is 4.06. The molecule has 1 aliphatic heterocycles. The van der Waals surface area contributed by atoms with Crippen LogP contribution < -0.4 is 5.32 Å². The number of fused-ring (bicyclic) bond motifs is 1. The largest absolute Gasteiger partial charge is 0.369 e. The van der Waals surface area contributed by atoms with Crippen LogP contribution in [0.4, 0.5) is 0 Å². The number of para-hydroxylation sites is 1. The van der Waals surface area contributed by atoms with Crippen molar-refractivity contribution in [3.8, 4) is 0 Å². The van der Waals surface area contributed by atoms with E-state index in [1.165, 1.54) is 17.4 Å². The highest BCUT2D eigenvalue weighted by Gasteiger charge is 2.27. The van der Waals surface area contributed by atoms with Gasteiger partial charge in [0.05, 0.1) is 17.7 Å². The summed E-state index contributed by atoms with van der Waals surface area (Å²) in [5.74, 6) is 0. The first-order valence-corrected chi connectivity index (χ1v) is 7.36. The number of nitrogens with one attached hydrogen (secondary N) is 1. The Hall–Kier alpha value is -1.45. The Morgan fingerprint density at radius 3 is 3.00 bits per heavy atom. The van der Waals surface area contributed by atoms with Crippen molar-refractivity contribution < 1.29 is 4.74 Å². The van der Waals surface area contributed by atoms with Gasteiger partial charge in [-0.05, 0) is 50.9 Å². The van der Waals surface area contributed by atoms with Crippen LogP contribution in [0.2, 0.25) is 0 Å². The third kappa shape index (κ3) is 2.84. The van der Waals surface area contributed by atoms with Crippen LogP contribution in [0.3, 0.4) is 0 Å². The maximum absolute atomic E-state index is 6.23. The lowest BCUT2D eigenvalue weighted by Gasteiger charge is -2.34. The quantitative estimate of drug-likeness (QED) is 0.930. The monoisotopic (exact) mass is 270 g/mol. The summed E-state index contributed by atoms with van der Waals surface area (Å²) < 4.78 is 6.23. The maximum Gasteiger partial charge on any atom is 0.0783 e. The number of piperidine rings is 1. The highest BCUT2D eigenvalue weighted by Crippen LogP contribution is 2.24. The van der Waals surface area contributed by atoms with Crippen molar-refractivity contribution in [1.29, 1.82) is 0 Å². The molecule has 3 rings (SSSR count). The number of rotatable bonds is 3. The third-order valence-electron chi connectivity index (χ3n) is 4.06. The lowest BCUT2D eigenvalue weighted by Crippen LogP contribution is -2.45. The van der Waals surface area contributed by atoms with E-state index in [-0.39, 0.29) is 5.60 Å². The molecule has 1 aromatic carbocycles. The van der Waals surface area contributed by atoms with Crippen molar-refractivity contribution >= 4 is 10.9 Å². The summed E-state index contributed by atoms with van der Waals surface area (Å²) in [4.78, 5) is 4.58. The number of ether oxygens (including phenoxy) is 1. The second kappa shape index (κ2) is 5.51. The van der Waals surface area contributed by atoms with Crippen molar-refractivity contribution in [3.63, 3.8) is 0 Å². The average Bonchev–Trinajstić information content (AvgIpc) is 2.45. The van der Waals surface area contributed by atoms with Gasteiger partial charge in [0.25, 0.3) is 0 Å². The Morgan fingerprint density at radius 2 is 2.20 bits per heavy atom. The summed E-state index contributed by atoms with van der Waals surface area (Å²) >= 11 is 0. The van der Waals surface area contributed by atoms with Crippen LogP contribution >= 0.6 is 0 Å². The predicted octanol–water partition coefficient (Wildman–Crippen LogP) is 3.20. The van der Waals surface area contributed by atoms with Crippen molar-refractivity contribution in [2.75, 3.05) is 13.1 Å². The lowest BCUT2D eigenvalue weighted by atomic mass is 9.96. The van der Waals surface area contributed by atoms with Gasteiger partial charge in [0.1, 0.15) is 0 Å². The van der Waals surface area contributed by atoms with Gasteiger partial charge >= 0.3 is 0 Å². The minimum atomic E-state index is -0.0451. The van der Waals surface area contributed by atoms with E-state index in [9.17, 15) is 0 Å². The minimum absolute atomic E-state index is 0.0451. The molecule has 3 heteroatoms. The van der Waals surface area contributed by atoms with E-state index in [4.69, 9.17) is 4.74 Å². The predicted molar refractivity (Wildman–Crippen MR) is 81.8 cm³/mol. The molecule has 1 fully saturated rings. The Balaban J connectivity index is 1.83. The van der Waals surface area contributed by atoms with Crippen LogP contribution in [-0.4, -0.2) is 23.7 Å². The SMILES string of the molecule is Cc1cc(COC2(C)CCCNC2)c2ccccc2n1. The van der Waals surface area contributed by atoms with Gasteiger partial charge in [-0.1, -0.05) is 18.2 Å². The summed E-state index contributed by atoms with van der Waals surface area (Å²) in [6.45, 7) is 6.95. The molecule has 2 aromatic rings. The fourth-order valence-corrected chi connectivity index (χ4v) is 2.92. The molecule has 1 aromatic heterocycles. The molecule has 2 heterocycles. The molecule has 0 spiro atoms. The zero-order chi connectivity index (χ0) is 14.0. The van der Waals surface area contributed by atoms with E-state index in [2.05, 4.69) is 41.5 Å². The molecule has 20 heavy (non-hydrogen) atoms. The van der Waals surface area contributed by atoms with Gasteiger partial charge in [0, 0.05) is 17.6 Å². The Kier molecular flexibility index (Phi) is 3.72. The first kappa shape index (κ1) is 13.5. The number of nitrogens with zero attached hydrogens (tertiary/aromatic N) is 1. The zero-order valence-corrected chi connectivity index (χ0v) is 12.3. The van der Waals surface area contributed by atoms with E-state index in [1.807, 2.05) is 13.0 Å². The summed E-state index contributed by atoms with van der Waals surface area (Å²) in [6.07, 6.45) is 2.31. The number of aromatic nitrogens is 1. The Bertz CT molecular complexity index is 603. The summed E-state index contributed by atoms with van der Waals surface area (Å²) in [5.41, 5.74) is 3.29. The molecule has 106 valence electrons. The van der Waals surface area contributed by atoms with Gasteiger partial charge in [-0.2, -0.15) is 0 Å². The molecule has 0 radical (unpaired) electrons. The number of hydrogen-bond donors (Lipinski definition) is 1. The highest BCUT2D eigenvalue weighted by molar-refractivity contribution is 5.82. The van der Waals surface area contributed by atoms with Gasteiger partial charge in [-0.25, -0.2) is 0 Å². The number of benzene rings is 1. The molecular formula is C17H22N2O. The molecule has 1 unspecified atom stereocenters. The van der Waals surface area contributed by atoms with Gasteiger partial charge in [0.2, 0.25) is 0 Å². The number of aryl methyl sites for hydroxylation is 1. The maximum atomic E-state index is 6.23. The summed E-state index contributed by atoms with van der Waals surface area (Å²) in [5, 5.41) is 4.62. The van der Waals surface area contributed by atoms with E-state index in [0.717, 1.165) is 30.7 Å². The highest BCUT2D eigenvalue weighted by atomic mass is 16.5. The Labute approximate surface area is 120 Å². The first-order chi connectivity index (χ1) is 9.66. The second-order valence-electron chi connectivity index (χ2n) is 5.96. The van der Waals surface area contributed by atoms with Crippen LogP contribution in [0.5, 0.6) is 0 Å². The molecule has 0 aliphatic carbocycles. The smallest absolute Gasteiger partial charge is 0.0783 e. The van der Waals surface area contributed by atoms with E-state index in [0.29, 0.717) is 6.61 Å². The van der Waals surface area contributed by atoms with Gasteiger partial charge < -0.3 is 10.1 Å².